The van der Waals surface area contributed by atoms with E-state index in [9.17, 15) is 0 Å². The number of hydrogen-bond donors (Lipinski definition) is 2. The van der Waals surface area contributed by atoms with Gasteiger partial charge in [-0.3, -0.25) is 0 Å². The van der Waals surface area contributed by atoms with Crippen molar-refractivity contribution in [1.29, 1.82) is 0 Å². The average molecular weight is 194 g/mol. The fraction of sp³-hybridized carbons (Fsp3) is 0.444. The lowest BCUT2D eigenvalue weighted by atomic mass is 10.2. The van der Waals surface area contributed by atoms with Crippen LogP contribution in [-0.2, 0) is 0 Å². The molecule has 0 radical (unpaired) electrons. The number of nitrogens with two attached hydrogens (primary N) is 2. The van der Waals surface area contributed by atoms with Crippen LogP contribution in [0.5, 0.6) is 0 Å². The summed E-state index contributed by atoms with van der Waals surface area (Å²) in [6.45, 7) is 5.89. The predicted octanol–water partition coefficient (Wildman–Crippen LogP) is 0.693. The number of nitrogens with zero attached hydrogens (tertiary/aromatic N) is 3. The largest absolute Gasteiger partial charge is 0.392 e. The minimum Gasteiger partial charge on any atom is -0.392 e. The highest BCUT2D eigenvalue weighted by atomic mass is 15.7. The minimum atomic E-state index is 0.153. The number of aromatic nitrogens is 1. The van der Waals surface area contributed by atoms with Gasteiger partial charge in [0.05, 0.1) is 12.7 Å². The molecule has 14 heavy (non-hydrogen) atoms. The monoisotopic (exact) mass is 194 g/mol. The Bertz CT molecular complexity index is 439. The quantitative estimate of drug-likeness (QED) is 0.471. The Morgan fingerprint density at radius 2 is 1.86 bits per heavy atom. The fourth-order valence-electron chi connectivity index (χ4n) is 1.75. The zero-order valence-electron chi connectivity index (χ0n) is 9.00. The Kier molecular flexibility index (Phi) is 1.56. The molecule has 76 valence electrons. The number of nitrogen functional groups attached to an aromatic ring is 1. The maximum atomic E-state index is 6.12. The predicted molar refractivity (Wildman–Crippen MR) is 58.7 cm³/mol. The molecule has 1 aromatic rings. The molecule has 4 N–H and O–H groups in total. The average Bonchev–Trinajstić information content (AvgIpc) is 2.45. The molecule has 0 bridgehead atoms. The third-order valence-corrected chi connectivity index (χ3v) is 3.06. The van der Waals surface area contributed by atoms with Crippen LogP contribution in [0, 0.1) is 13.8 Å². The van der Waals surface area contributed by atoms with Crippen molar-refractivity contribution in [3.8, 4) is 0 Å². The summed E-state index contributed by atoms with van der Waals surface area (Å²) in [4.78, 5) is 0. The van der Waals surface area contributed by atoms with Crippen LogP contribution < -0.4 is 16.2 Å². The van der Waals surface area contributed by atoms with E-state index < -0.39 is 0 Å². The van der Waals surface area contributed by atoms with Gasteiger partial charge in [-0.15, -0.1) is 5.10 Å². The zero-order valence-corrected chi connectivity index (χ0v) is 9.00. The molecule has 1 unspecified atom stereocenters. The molecule has 5 nitrogen and oxygen atoms in total. The molecule has 0 aliphatic carbocycles. The number of fused-ring (bicyclic) bond motifs is 1. The van der Waals surface area contributed by atoms with Gasteiger partial charge in [0.1, 0.15) is 5.69 Å². The Morgan fingerprint density at radius 1 is 1.29 bits per heavy atom. The van der Waals surface area contributed by atoms with Gasteiger partial charge in [0.15, 0.2) is 0 Å². The van der Waals surface area contributed by atoms with Gasteiger partial charge in [0.25, 0.3) is 5.82 Å². The van der Waals surface area contributed by atoms with Crippen LogP contribution in [0.1, 0.15) is 18.2 Å². The van der Waals surface area contributed by atoms with Crippen molar-refractivity contribution in [3.05, 3.63) is 11.3 Å². The first-order valence-electron chi connectivity index (χ1n) is 4.56. The van der Waals surface area contributed by atoms with Crippen LogP contribution in [0.25, 0.3) is 0 Å². The molecule has 0 saturated heterocycles. The van der Waals surface area contributed by atoms with Gasteiger partial charge in [0.2, 0.25) is 5.84 Å². The summed E-state index contributed by atoms with van der Waals surface area (Å²) in [5.74, 6) is 7.82. The zero-order chi connectivity index (χ0) is 10.7. The van der Waals surface area contributed by atoms with Gasteiger partial charge >= 0.3 is 0 Å². The van der Waals surface area contributed by atoms with Gasteiger partial charge < -0.3 is 5.73 Å². The Balaban J connectivity index is 2.80. The van der Waals surface area contributed by atoms with Gasteiger partial charge in [-0.1, -0.05) is 0 Å². The topological polar surface area (TPSA) is 69.3 Å². The molecule has 2 heterocycles. The first-order valence-corrected chi connectivity index (χ1v) is 4.56. The van der Waals surface area contributed by atoms with Gasteiger partial charge in [-0.05, 0) is 13.8 Å². The van der Waals surface area contributed by atoms with E-state index in [1.807, 2.05) is 32.5 Å². The molecule has 1 atom stereocenters. The van der Waals surface area contributed by atoms with Crippen molar-refractivity contribution >= 4 is 17.3 Å². The van der Waals surface area contributed by atoms with Crippen LogP contribution in [0.15, 0.2) is 5.10 Å². The Hall–Kier alpha value is -1.33. The maximum absolute atomic E-state index is 6.12. The number of quaternary nitrogens is 1. The van der Waals surface area contributed by atoms with Crippen LogP contribution in [0.3, 0.4) is 0 Å². The van der Waals surface area contributed by atoms with E-state index in [1.165, 1.54) is 0 Å². The van der Waals surface area contributed by atoms with E-state index in [1.54, 1.807) is 0 Å². The van der Waals surface area contributed by atoms with E-state index in [-0.39, 0.29) is 4.59 Å². The van der Waals surface area contributed by atoms with Crippen molar-refractivity contribution in [3.63, 3.8) is 0 Å². The summed E-state index contributed by atoms with van der Waals surface area (Å²) in [7, 11) is 1.88. The fourth-order valence-corrected chi connectivity index (χ4v) is 1.75. The van der Waals surface area contributed by atoms with E-state index in [0.29, 0.717) is 0 Å². The second-order valence-electron chi connectivity index (χ2n) is 3.98. The molecule has 1 aromatic heterocycles. The van der Waals surface area contributed by atoms with Crippen molar-refractivity contribution < 1.29 is 0 Å². The summed E-state index contributed by atoms with van der Waals surface area (Å²) in [5, 5.41) is 4.39. The number of hydrogen-bond acceptors (Lipinski definition) is 3. The molecular formula is C9H16N5+. The van der Waals surface area contributed by atoms with Gasteiger partial charge in [-0.25, -0.2) is 0 Å². The standard InChI is InChI=1S/C9H16N5/c1-5-6(2)13-9(8(5)10)14(4,11)7(3)12-13/h10-11H2,1-4H3/q+1. The second-order valence-corrected chi connectivity index (χ2v) is 3.98. The van der Waals surface area contributed by atoms with Crippen LogP contribution in [-0.4, -0.2) is 17.6 Å². The number of rotatable bonds is 0. The molecule has 0 aromatic carbocycles. The van der Waals surface area contributed by atoms with E-state index >= 15 is 0 Å². The number of anilines is 1. The van der Waals surface area contributed by atoms with Crippen molar-refractivity contribution in [2.75, 3.05) is 12.8 Å². The van der Waals surface area contributed by atoms with Crippen LogP contribution in [0.4, 0.5) is 11.5 Å². The maximum Gasteiger partial charge on any atom is 0.278 e. The number of amidine groups is 1. The van der Waals surface area contributed by atoms with Gasteiger partial charge in [-0.2, -0.15) is 15.1 Å². The highest BCUT2D eigenvalue weighted by Gasteiger charge is 2.40. The lowest BCUT2D eigenvalue weighted by Crippen LogP contribution is -2.54. The Morgan fingerprint density at radius 3 is 2.36 bits per heavy atom. The second kappa shape index (κ2) is 2.37. The Labute approximate surface area is 83.2 Å². The molecule has 0 amide bonds. The van der Waals surface area contributed by atoms with Crippen molar-refractivity contribution in [1.82, 2.24) is 9.27 Å². The summed E-state index contributed by atoms with van der Waals surface area (Å²) in [5.41, 5.74) is 8.87. The van der Waals surface area contributed by atoms with E-state index in [0.717, 1.165) is 28.6 Å². The third-order valence-electron chi connectivity index (χ3n) is 3.06. The summed E-state index contributed by atoms with van der Waals surface area (Å²) < 4.78 is 1.99. The van der Waals surface area contributed by atoms with E-state index in [4.69, 9.17) is 11.6 Å². The molecule has 1 aliphatic rings. The summed E-state index contributed by atoms with van der Waals surface area (Å²) in [6, 6.07) is 0. The lowest BCUT2D eigenvalue weighted by molar-refractivity contribution is 0.516. The molecule has 0 spiro atoms. The molecule has 2 rings (SSSR count). The molecule has 5 heteroatoms. The van der Waals surface area contributed by atoms with Crippen LogP contribution >= 0.6 is 0 Å². The highest BCUT2D eigenvalue weighted by molar-refractivity contribution is 5.95. The van der Waals surface area contributed by atoms with Gasteiger partial charge in [0, 0.05) is 12.5 Å². The minimum absolute atomic E-state index is 0.153. The smallest absolute Gasteiger partial charge is 0.278 e. The molecule has 1 aliphatic heterocycles. The first kappa shape index (κ1) is 9.23. The third kappa shape index (κ3) is 0.830. The molecule has 0 saturated carbocycles. The lowest BCUT2D eigenvalue weighted by Gasteiger charge is -2.20. The van der Waals surface area contributed by atoms with E-state index in [2.05, 4.69) is 5.10 Å². The first-order chi connectivity index (χ1) is 6.37. The van der Waals surface area contributed by atoms with Crippen LogP contribution in [0.2, 0.25) is 0 Å². The van der Waals surface area contributed by atoms with Crippen molar-refractivity contribution in [2.24, 2.45) is 10.9 Å². The summed E-state index contributed by atoms with van der Waals surface area (Å²) in [6.07, 6.45) is 0. The normalized spacial score (nSPS) is 25.1. The SMILES string of the molecule is CC1=Nn2c(C)c(C)c(N)c2[N+]1(C)N. The molecule has 0 fully saturated rings. The molecular weight excluding hydrogens is 178 g/mol. The van der Waals surface area contributed by atoms with Crippen molar-refractivity contribution in [2.45, 2.75) is 20.8 Å². The highest BCUT2D eigenvalue weighted by Crippen LogP contribution is 2.37. The summed E-state index contributed by atoms with van der Waals surface area (Å²) >= 11 is 0.